The maximum absolute atomic E-state index is 13.2. The van der Waals surface area contributed by atoms with E-state index < -0.39 is 0 Å². The van der Waals surface area contributed by atoms with Gasteiger partial charge in [0, 0.05) is 18.8 Å². The summed E-state index contributed by atoms with van der Waals surface area (Å²) in [6.45, 7) is 0. The van der Waals surface area contributed by atoms with Gasteiger partial charge in [0.1, 0.15) is 5.82 Å². The molecule has 0 saturated heterocycles. The molecular weight excluding hydrogens is 321 g/mol. The molecule has 1 heterocycles. The maximum Gasteiger partial charge on any atom is 0.227 e. The van der Waals surface area contributed by atoms with Crippen LogP contribution in [0.1, 0.15) is 67.8 Å². The summed E-state index contributed by atoms with van der Waals surface area (Å²) in [7, 11) is 0. The molecule has 0 radical (unpaired) electrons. The van der Waals surface area contributed by atoms with E-state index in [1.807, 2.05) is 0 Å². The molecule has 1 amide bonds. The first-order chi connectivity index (χ1) is 12.2. The van der Waals surface area contributed by atoms with Gasteiger partial charge in [0.25, 0.3) is 0 Å². The van der Waals surface area contributed by atoms with Gasteiger partial charge in [-0.3, -0.25) is 4.79 Å². The van der Waals surface area contributed by atoms with Crippen molar-refractivity contribution < 1.29 is 13.7 Å². The van der Waals surface area contributed by atoms with Gasteiger partial charge in [-0.1, -0.05) is 23.7 Å². The van der Waals surface area contributed by atoms with Crippen LogP contribution in [0.25, 0.3) is 0 Å². The van der Waals surface area contributed by atoms with Crippen LogP contribution in [0.5, 0.6) is 0 Å². The fourth-order valence-corrected chi connectivity index (χ4v) is 3.26. The molecule has 25 heavy (non-hydrogen) atoms. The minimum absolute atomic E-state index is 0.0348. The number of rotatable bonds is 7. The summed E-state index contributed by atoms with van der Waals surface area (Å²) in [6, 6.07) is 6.37. The highest BCUT2D eigenvalue weighted by Gasteiger charge is 2.30. The van der Waals surface area contributed by atoms with Gasteiger partial charge in [0.15, 0.2) is 5.82 Å². The molecule has 1 N–H and O–H groups in total. The first-order valence-electron chi connectivity index (χ1n) is 9.06. The second kappa shape index (κ2) is 6.94. The maximum atomic E-state index is 13.2. The average Bonchev–Trinajstić information content (AvgIpc) is 3.30. The lowest BCUT2D eigenvalue weighted by Crippen LogP contribution is -2.36. The average molecular weight is 343 g/mol. The van der Waals surface area contributed by atoms with Crippen molar-refractivity contribution in [3.05, 3.63) is 47.4 Å². The number of hydrogen-bond donors (Lipinski definition) is 1. The van der Waals surface area contributed by atoms with Gasteiger partial charge in [-0.25, -0.2) is 4.39 Å². The van der Waals surface area contributed by atoms with Gasteiger partial charge >= 0.3 is 0 Å². The molecule has 0 spiro atoms. The molecule has 6 heteroatoms. The second-order valence-electron chi connectivity index (χ2n) is 7.11. The van der Waals surface area contributed by atoms with E-state index in [4.69, 9.17) is 4.52 Å². The number of hydrogen-bond acceptors (Lipinski definition) is 4. The van der Waals surface area contributed by atoms with E-state index in [9.17, 15) is 9.18 Å². The van der Waals surface area contributed by atoms with Crippen molar-refractivity contribution in [2.24, 2.45) is 5.92 Å². The highest BCUT2D eigenvalue weighted by Crippen LogP contribution is 2.38. The van der Waals surface area contributed by atoms with Gasteiger partial charge in [0.05, 0.1) is 6.04 Å². The Labute approximate surface area is 146 Å². The van der Waals surface area contributed by atoms with Crippen LogP contribution in [0, 0.1) is 11.7 Å². The highest BCUT2D eigenvalue weighted by atomic mass is 19.1. The summed E-state index contributed by atoms with van der Waals surface area (Å²) in [6.07, 6.45) is 6.39. The Hall–Kier alpha value is -2.24. The number of carbonyl (C=O) groups is 1. The van der Waals surface area contributed by atoms with Crippen LogP contribution in [0.4, 0.5) is 4.39 Å². The molecule has 132 valence electrons. The molecule has 2 saturated carbocycles. The summed E-state index contributed by atoms with van der Waals surface area (Å²) >= 11 is 0. The monoisotopic (exact) mass is 343 g/mol. The summed E-state index contributed by atoms with van der Waals surface area (Å²) < 4.78 is 18.4. The molecule has 2 fully saturated rings. The first kappa shape index (κ1) is 16.2. The number of benzene rings is 1. The lowest BCUT2D eigenvalue weighted by molar-refractivity contribution is -0.122. The lowest BCUT2D eigenvalue weighted by Gasteiger charge is -2.34. The second-order valence-corrected chi connectivity index (χ2v) is 7.11. The number of aromatic nitrogens is 2. The third kappa shape index (κ3) is 3.89. The van der Waals surface area contributed by atoms with Gasteiger partial charge in [0.2, 0.25) is 11.8 Å². The van der Waals surface area contributed by atoms with Gasteiger partial charge in [-0.15, -0.1) is 0 Å². The minimum Gasteiger partial charge on any atom is -0.349 e. The number of nitrogens with one attached hydrogen (secondary N) is 1. The quantitative estimate of drug-likeness (QED) is 0.833. The van der Waals surface area contributed by atoms with E-state index in [0.29, 0.717) is 30.6 Å². The van der Waals surface area contributed by atoms with E-state index in [1.165, 1.54) is 18.6 Å². The summed E-state index contributed by atoms with van der Waals surface area (Å²) in [5.41, 5.74) is 0.966. The van der Waals surface area contributed by atoms with Crippen molar-refractivity contribution >= 4 is 5.91 Å². The van der Waals surface area contributed by atoms with Crippen molar-refractivity contribution in [1.82, 2.24) is 15.5 Å². The fraction of sp³-hybridized carbons (Fsp3) is 0.526. The number of halogens is 1. The molecular formula is C19H22FN3O2. The predicted molar refractivity (Wildman–Crippen MR) is 89.2 cm³/mol. The van der Waals surface area contributed by atoms with E-state index in [2.05, 4.69) is 15.5 Å². The van der Waals surface area contributed by atoms with E-state index in [-0.39, 0.29) is 17.8 Å². The minimum atomic E-state index is -0.259. The Morgan fingerprint density at radius 2 is 2.00 bits per heavy atom. The van der Waals surface area contributed by atoms with Crippen molar-refractivity contribution in [3.8, 4) is 0 Å². The fourth-order valence-electron chi connectivity index (χ4n) is 3.26. The molecule has 2 aliphatic carbocycles. The molecule has 1 aromatic carbocycles. The Morgan fingerprint density at radius 1 is 1.24 bits per heavy atom. The van der Waals surface area contributed by atoms with Crippen LogP contribution in [0.15, 0.2) is 28.8 Å². The topological polar surface area (TPSA) is 68.0 Å². The zero-order chi connectivity index (χ0) is 17.2. The number of nitrogens with zero attached hydrogens (tertiary/aromatic N) is 2. The largest absolute Gasteiger partial charge is 0.349 e. The summed E-state index contributed by atoms with van der Waals surface area (Å²) in [5, 5.41) is 7.09. The molecule has 0 aliphatic heterocycles. The number of aryl methyl sites for hydroxylation is 1. The molecule has 1 atom stereocenters. The predicted octanol–water partition coefficient (Wildman–Crippen LogP) is 3.68. The normalized spacial score (nSPS) is 18.6. The molecule has 1 aromatic heterocycles. The van der Waals surface area contributed by atoms with Crippen molar-refractivity contribution in [3.63, 3.8) is 0 Å². The molecule has 4 rings (SSSR count). The summed E-state index contributed by atoms with van der Waals surface area (Å²) in [5.74, 6) is 1.89. The SMILES string of the molecule is O=C(CCc1nc(C2CC2)no1)NC(c1ccc(F)cc1)C1CCC1. The number of carbonyl (C=O) groups excluding carboxylic acids is 1. The molecule has 2 aliphatic rings. The van der Waals surface area contributed by atoms with Gasteiger partial charge in [-0.05, 0) is 49.3 Å². The van der Waals surface area contributed by atoms with Gasteiger partial charge in [-0.2, -0.15) is 4.98 Å². The molecule has 5 nitrogen and oxygen atoms in total. The van der Waals surface area contributed by atoms with E-state index >= 15 is 0 Å². The highest BCUT2D eigenvalue weighted by molar-refractivity contribution is 5.76. The van der Waals surface area contributed by atoms with Gasteiger partial charge < -0.3 is 9.84 Å². The third-order valence-corrected chi connectivity index (χ3v) is 5.16. The van der Waals surface area contributed by atoms with Crippen LogP contribution < -0.4 is 5.32 Å². The zero-order valence-corrected chi connectivity index (χ0v) is 14.1. The smallest absolute Gasteiger partial charge is 0.227 e. The molecule has 1 unspecified atom stereocenters. The first-order valence-corrected chi connectivity index (χ1v) is 9.06. The Bertz CT molecular complexity index is 735. The third-order valence-electron chi connectivity index (χ3n) is 5.16. The van der Waals surface area contributed by atoms with E-state index in [1.54, 1.807) is 12.1 Å². The molecule has 2 aromatic rings. The van der Waals surface area contributed by atoms with Crippen molar-refractivity contribution in [2.75, 3.05) is 0 Å². The Balaban J connectivity index is 1.35. The van der Waals surface area contributed by atoms with Crippen LogP contribution in [0.2, 0.25) is 0 Å². The van der Waals surface area contributed by atoms with Crippen molar-refractivity contribution in [1.29, 1.82) is 0 Å². The Morgan fingerprint density at radius 3 is 2.64 bits per heavy atom. The van der Waals surface area contributed by atoms with Crippen LogP contribution >= 0.6 is 0 Å². The van der Waals surface area contributed by atoms with Crippen LogP contribution in [-0.2, 0) is 11.2 Å². The standard InChI is InChI=1S/C19H22FN3O2/c20-15-8-6-13(7-9-15)18(12-2-1-3-12)21-16(24)10-11-17-22-19(23-25-17)14-4-5-14/h6-9,12,14,18H,1-5,10-11H2,(H,21,24). The lowest BCUT2D eigenvalue weighted by atomic mass is 9.77. The Kier molecular flexibility index (Phi) is 4.51. The number of amides is 1. The van der Waals surface area contributed by atoms with Crippen molar-refractivity contribution in [2.45, 2.75) is 56.9 Å². The zero-order valence-electron chi connectivity index (χ0n) is 14.1. The summed E-state index contributed by atoms with van der Waals surface area (Å²) in [4.78, 5) is 16.7. The van der Waals surface area contributed by atoms with Crippen LogP contribution in [0.3, 0.4) is 0 Å². The van der Waals surface area contributed by atoms with Crippen LogP contribution in [-0.4, -0.2) is 16.0 Å². The van der Waals surface area contributed by atoms with E-state index in [0.717, 1.165) is 37.1 Å². The molecule has 0 bridgehead atoms.